The van der Waals surface area contributed by atoms with Gasteiger partial charge in [-0.2, -0.15) is 18.4 Å². The number of pyridine rings is 2. The first-order valence-electron chi connectivity index (χ1n) is 9.28. The molecule has 0 bridgehead atoms. The number of nitriles is 1. The van der Waals surface area contributed by atoms with Crippen molar-refractivity contribution in [1.82, 2.24) is 9.97 Å². The fraction of sp³-hybridized carbons (Fsp3) is 0.286. The number of piperidine rings is 1. The molecule has 0 atom stereocenters. The summed E-state index contributed by atoms with van der Waals surface area (Å²) in [4.78, 5) is 10.3. The van der Waals surface area contributed by atoms with E-state index >= 15 is 0 Å². The van der Waals surface area contributed by atoms with E-state index in [1.807, 2.05) is 29.2 Å². The van der Waals surface area contributed by atoms with Gasteiger partial charge in [-0.15, -0.1) is 0 Å². The summed E-state index contributed by atoms with van der Waals surface area (Å²) in [7, 11) is 0. The highest BCUT2D eigenvalue weighted by atomic mass is 19.4. The molecule has 0 unspecified atom stereocenters. The van der Waals surface area contributed by atoms with Crippen LogP contribution in [0.4, 0.5) is 24.7 Å². The van der Waals surface area contributed by atoms with Gasteiger partial charge in [0, 0.05) is 36.9 Å². The van der Waals surface area contributed by atoms with E-state index in [0.717, 1.165) is 41.7 Å². The predicted molar refractivity (Wildman–Crippen MR) is 105 cm³/mol. The third-order valence-corrected chi connectivity index (χ3v) is 5.14. The van der Waals surface area contributed by atoms with Crippen LogP contribution < -0.4 is 10.2 Å². The van der Waals surface area contributed by atoms with E-state index < -0.39 is 11.7 Å². The quantitative estimate of drug-likeness (QED) is 0.700. The fourth-order valence-electron chi connectivity index (χ4n) is 3.58. The summed E-state index contributed by atoms with van der Waals surface area (Å²) in [6.07, 6.45) is -0.365. The molecule has 0 amide bonds. The summed E-state index contributed by atoms with van der Waals surface area (Å²) in [6.45, 7) is 1.34. The molecule has 148 valence electrons. The maximum absolute atomic E-state index is 12.7. The number of nitrogens with one attached hydrogen (secondary N) is 1. The summed E-state index contributed by atoms with van der Waals surface area (Å²) in [5.74, 6) is 0.545. The number of hydrogen-bond acceptors (Lipinski definition) is 5. The molecule has 1 aliphatic rings. The number of rotatable bonds is 3. The van der Waals surface area contributed by atoms with Crippen LogP contribution >= 0.6 is 0 Å². The lowest BCUT2D eigenvalue weighted by Crippen LogP contribution is -2.39. The average molecular weight is 397 g/mol. The van der Waals surface area contributed by atoms with E-state index in [2.05, 4.69) is 21.4 Å². The number of para-hydroxylation sites is 1. The van der Waals surface area contributed by atoms with Crippen molar-refractivity contribution in [2.45, 2.75) is 25.1 Å². The molecule has 8 heteroatoms. The first-order valence-corrected chi connectivity index (χ1v) is 9.28. The van der Waals surface area contributed by atoms with E-state index in [4.69, 9.17) is 0 Å². The monoisotopic (exact) mass is 397 g/mol. The lowest BCUT2D eigenvalue weighted by atomic mass is 10.0. The molecule has 0 aliphatic carbocycles. The van der Waals surface area contributed by atoms with Crippen LogP contribution in [0.3, 0.4) is 0 Å². The average Bonchev–Trinajstić information content (AvgIpc) is 2.74. The maximum atomic E-state index is 12.7. The first-order chi connectivity index (χ1) is 14.0. The summed E-state index contributed by atoms with van der Waals surface area (Å²) in [5, 5.41) is 13.8. The normalized spacial score (nSPS) is 15.3. The Morgan fingerprint density at radius 3 is 2.45 bits per heavy atom. The Morgan fingerprint density at radius 2 is 1.79 bits per heavy atom. The fourth-order valence-corrected chi connectivity index (χ4v) is 3.58. The van der Waals surface area contributed by atoms with Crippen LogP contribution in [0.25, 0.3) is 10.9 Å². The number of halogens is 3. The first kappa shape index (κ1) is 19.0. The van der Waals surface area contributed by atoms with E-state index in [-0.39, 0.29) is 6.04 Å². The second kappa shape index (κ2) is 7.59. The number of alkyl halides is 3. The molecule has 4 rings (SSSR count). The van der Waals surface area contributed by atoms with Crippen molar-refractivity contribution in [3.63, 3.8) is 0 Å². The van der Waals surface area contributed by atoms with Crippen LogP contribution in [0.2, 0.25) is 0 Å². The van der Waals surface area contributed by atoms with Gasteiger partial charge in [-0.3, -0.25) is 4.98 Å². The Morgan fingerprint density at radius 1 is 1.03 bits per heavy atom. The molecule has 0 spiro atoms. The lowest BCUT2D eigenvalue weighted by molar-refractivity contribution is -0.137. The van der Waals surface area contributed by atoms with Crippen molar-refractivity contribution in [3.05, 3.63) is 59.9 Å². The van der Waals surface area contributed by atoms with Crippen LogP contribution in [0.5, 0.6) is 0 Å². The van der Waals surface area contributed by atoms with Crippen LogP contribution in [0.1, 0.15) is 24.0 Å². The van der Waals surface area contributed by atoms with Gasteiger partial charge >= 0.3 is 6.18 Å². The molecule has 2 aromatic heterocycles. The molecule has 1 fully saturated rings. The van der Waals surface area contributed by atoms with Crippen molar-refractivity contribution < 1.29 is 13.2 Å². The molecule has 5 nitrogen and oxygen atoms in total. The van der Waals surface area contributed by atoms with E-state index in [9.17, 15) is 18.4 Å². The zero-order valence-electron chi connectivity index (χ0n) is 15.4. The second-order valence-electron chi connectivity index (χ2n) is 6.98. The summed E-state index contributed by atoms with van der Waals surface area (Å²) in [5.41, 5.74) is 1.35. The molecule has 1 aromatic carbocycles. The zero-order valence-corrected chi connectivity index (χ0v) is 15.4. The highest BCUT2D eigenvalue weighted by Crippen LogP contribution is 2.31. The molecular formula is C21H18F3N5. The van der Waals surface area contributed by atoms with E-state index in [0.29, 0.717) is 24.5 Å². The van der Waals surface area contributed by atoms with E-state index in [1.54, 1.807) is 6.20 Å². The predicted octanol–water partition coefficient (Wildman–Crippen LogP) is 4.60. The Bertz CT molecular complexity index is 1050. The smallest absolute Gasteiger partial charge is 0.381 e. The van der Waals surface area contributed by atoms with Gasteiger partial charge in [0.15, 0.2) is 0 Å². The minimum atomic E-state index is -4.38. The van der Waals surface area contributed by atoms with Crippen LogP contribution in [-0.2, 0) is 6.18 Å². The zero-order chi connectivity index (χ0) is 20.4. The third-order valence-electron chi connectivity index (χ3n) is 5.14. The molecular weight excluding hydrogens is 379 g/mol. The Kier molecular flexibility index (Phi) is 4.97. The highest BCUT2D eigenvalue weighted by Gasteiger charge is 2.31. The van der Waals surface area contributed by atoms with Gasteiger partial charge in [-0.1, -0.05) is 18.2 Å². The highest BCUT2D eigenvalue weighted by molar-refractivity contribution is 5.93. The van der Waals surface area contributed by atoms with Gasteiger partial charge in [0.25, 0.3) is 0 Å². The van der Waals surface area contributed by atoms with Gasteiger partial charge in [0.2, 0.25) is 0 Å². The van der Waals surface area contributed by atoms with Gasteiger partial charge < -0.3 is 10.2 Å². The number of hydrogen-bond donors (Lipinski definition) is 1. The van der Waals surface area contributed by atoms with Crippen molar-refractivity contribution in [1.29, 1.82) is 5.26 Å². The summed E-state index contributed by atoms with van der Waals surface area (Å²) >= 11 is 0. The van der Waals surface area contributed by atoms with Crippen LogP contribution in [0, 0.1) is 11.3 Å². The number of aromatic nitrogens is 2. The number of fused-ring (bicyclic) bond motifs is 1. The van der Waals surface area contributed by atoms with Gasteiger partial charge in [-0.05, 0) is 31.0 Å². The van der Waals surface area contributed by atoms with Gasteiger partial charge in [0.1, 0.15) is 11.9 Å². The number of anilines is 2. The standard InChI is InChI=1S/C21H18F3N5/c22-21(23,24)15-5-6-19(27-13-15)29-9-7-16(8-10-29)28-20-14(11-25)12-26-18-4-2-1-3-17(18)20/h1-6,12-13,16H,7-10H2,(H,26,28). The molecule has 1 aliphatic heterocycles. The molecule has 29 heavy (non-hydrogen) atoms. The Labute approximate surface area is 165 Å². The summed E-state index contributed by atoms with van der Waals surface area (Å²) in [6, 6.07) is 12.5. The number of benzene rings is 1. The van der Waals surface area contributed by atoms with Crippen LogP contribution in [0.15, 0.2) is 48.8 Å². The Hall–Kier alpha value is -3.34. The van der Waals surface area contributed by atoms with Crippen molar-refractivity contribution in [3.8, 4) is 6.07 Å². The second-order valence-corrected chi connectivity index (χ2v) is 6.98. The SMILES string of the molecule is N#Cc1cnc2ccccc2c1NC1CCN(c2ccc(C(F)(F)F)cn2)CC1. The molecule has 1 N–H and O–H groups in total. The molecule has 3 aromatic rings. The maximum Gasteiger partial charge on any atom is 0.417 e. The lowest BCUT2D eigenvalue weighted by Gasteiger charge is -2.34. The van der Waals surface area contributed by atoms with Crippen molar-refractivity contribution in [2.75, 3.05) is 23.3 Å². The van der Waals surface area contributed by atoms with Crippen molar-refractivity contribution >= 4 is 22.4 Å². The third kappa shape index (κ3) is 3.94. The summed E-state index contributed by atoms with van der Waals surface area (Å²) < 4.78 is 38.1. The van der Waals surface area contributed by atoms with Gasteiger partial charge in [0.05, 0.1) is 22.3 Å². The molecule has 0 radical (unpaired) electrons. The van der Waals surface area contributed by atoms with Gasteiger partial charge in [-0.25, -0.2) is 4.98 Å². The van der Waals surface area contributed by atoms with Crippen LogP contribution in [-0.4, -0.2) is 29.1 Å². The molecule has 0 saturated carbocycles. The molecule has 3 heterocycles. The minimum Gasteiger partial charge on any atom is -0.381 e. The molecule has 1 saturated heterocycles. The minimum absolute atomic E-state index is 0.151. The number of nitrogens with zero attached hydrogens (tertiary/aromatic N) is 4. The van der Waals surface area contributed by atoms with E-state index in [1.165, 1.54) is 6.07 Å². The van der Waals surface area contributed by atoms with Crippen molar-refractivity contribution in [2.24, 2.45) is 0 Å². The topological polar surface area (TPSA) is 64.8 Å². The largest absolute Gasteiger partial charge is 0.417 e. The Balaban J connectivity index is 1.46.